The van der Waals surface area contributed by atoms with E-state index in [1.54, 1.807) is 11.0 Å². The van der Waals surface area contributed by atoms with Crippen LogP contribution in [0.3, 0.4) is 0 Å². The van der Waals surface area contributed by atoms with E-state index < -0.39 is 12.6 Å². The monoisotopic (exact) mass is 501 g/mol. The summed E-state index contributed by atoms with van der Waals surface area (Å²) in [5.74, 6) is 0.885. The number of anilines is 2. The molecule has 1 aromatic carbocycles. The number of thiophene rings is 1. The molecule has 1 spiro atoms. The maximum Gasteiger partial charge on any atom is 0.393 e. The van der Waals surface area contributed by atoms with Crippen LogP contribution in [0.2, 0.25) is 0 Å². The molecule has 2 fully saturated rings. The Hall–Kier alpha value is -2.72. The Morgan fingerprint density at radius 2 is 2.06 bits per heavy atom. The van der Waals surface area contributed by atoms with Crippen molar-refractivity contribution < 1.29 is 18.0 Å². The van der Waals surface area contributed by atoms with Gasteiger partial charge in [0.1, 0.15) is 17.0 Å². The summed E-state index contributed by atoms with van der Waals surface area (Å²) in [5, 5.41) is 4.42. The van der Waals surface area contributed by atoms with Crippen LogP contribution in [0.5, 0.6) is 0 Å². The number of carbonyl (C=O) groups excluding carboxylic acids is 1. The molecule has 35 heavy (non-hydrogen) atoms. The molecule has 3 aromatic rings. The largest absolute Gasteiger partial charge is 0.393 e. The lowest BCUT2D eigenvalue weighted by Gasteiger charge is -2.49. The lowest BCUT2D eigenvalue weighted by Crippen LogP contribution is -2.56. The highest BCUT2D eigenvalue weighted by atomic mass is 32.1. The fourth-order valence-corrected chi connectivity index (χ4v) is 6.89. The standard InChI is InChI=1S/C25H26F3N5OS/c1-32-20-6-15(2-3-16(20)7-21(32)34)11-29-17-4-5-24(9-17)12-33(13-24)22-19-8-18(10-25(26,27)28)35-23(19)31-14-30-22/h2-3,6,8,14,17,29H,4-5,7,9-13H2,1H3/t17-/m0/s1. The van der Waals surface area contributed by atoms with Crippen molar-refractivity contribution in [3.8, 4) is 0 Å². The van der Waals surface area contributed by atoms with Gasteiger partial charge in [-0.1, -0.05) is 12.1 Å². The van der Waals surface area contributed by atoms with Gasteiger partial charge >= 0.3 is 6.18 Å². The Morgan fingerprint density at radius 3 is 2.86 bits per heavy atom. The quantitative estimate of drug-likeness (QED) is 0.559. The van der Waals surface area contributed by atoms with Gasteiger partial charge < -0.3 is 15.1 Å². The SMILES string of the molecule is CN1C(=O)Cc2ccc(CN[C@H]3CCC4(C3)CN(c3ncnc5sc(CC(F)(F)F)cc35)C4)cc21. The van der Waals surface area contributed by atoms with Gasteiger partial charge in [-0.05, 0) is 42.5 Å². The number of benzene rings is 1. The summed E-state index contributed by atoms with van der Waals surface area (Å²) in [4.78, 5) is 25.4. The first-order valence-corrected chi connectivity index (χ1v) is 12.7. The Kier molecular flexibility index (Phi) is 5.30. The highest BCUT2D eigenvalue weighted by molar-refractivity contribution is 7.18. The van der Waals surface area contributed by atoms with Crippen LogP contribution in [0.4, 0.5) is 24.7 Å². The number of amides is 1. The van der Waals surface area contributed by atoms with Crippen LogP contribution < -0.4 is 15.1 Å². The topological polar surface area (TPSA) is 61.4 Å². The third-order valence-corrected chi connectivity index (χ3v) is 8.65. The first kappa shape index (κ1) is 22.7. The van der Waals surface area contributed by atoms with Gasteiger partial charge in [-0.15, -0.1) is 11.3 Å². The van der Waals surface area contributed by atoms with Crippen molar-refractivity contribution >= 4 is 39.0 Å². The maximum absolute atomic E-state index is 12.8. The van der Waals surface area contributed by atoms with E-state index in [9.17, 15) is 18.0 Å². The summed E-state index contributed by atoms with van der Waals surface area (Å²) in [6.07, 6.45) is 0.0795. The van der Waals surface area contributed by atoms with Crippen LogP contribution in [-0.2, 0) is 24.2 Å². The molecule has 0 unspecified atom stereocenters. The van der Waals surface area contributed by atoms with Crippen molar-refractivity contribution in [2.45, 2.75) is 50.9 Å². The molecule has 1 atom stereocenters. The number of nitrogens with zero attached hydrogens (tertiary/aromatic N) is 4. The predicted molar refractivity (Wildman–Crippen MR) is 130 cm³/mol. The van der Waals surface area contributed by atoms with E-state index in [1.165, 1.54) is 11.9 Å². The first-order chi connectivity index (χ1) is 16.7. The molecular weight excluding hydrogens is 475 g/mol. The van der Waals surface area contributed by atoms with Gasteiger partial charge in [0.25, 0.3) is 0 Å². The summed E-state index contributed by atoms with van der Waals surface area (Å²) < 4.78 is 38.5. The van der Waals surface area contributed by atoms with Crippen molar-refractivity contribution in [2.24, 2.45) is 5.41 Å². The molecular formula is C25H26F3N5OS. The van der Waals surface area contributed by atoms with Crippen molar-refractivity contribution in [3.63, 3.8) is 0 Å². The molecule has 10 heteroatoms. The molecule has 1 aliphatic carbocycles. The number of fused-ring (bicyclic) bond motifs is 2. The van der Waals surface area contributed by atoms with E-state index in [0.29, 0.717) is 17.3 Å². The zero-order valence-electron chi connectivity index (χ0n) is 19.4. The van der Waals surface area contributed by atoms with Crippen LogP contribution in [0.1, 0.15) is 35.3 Å². The van der Waals surface area contributed by atoms with E-state index in [2.05, 4.69) is 38.4 Å². The van der Waals surface area contributed by atoms with Crippen LogP contribution in [0, 0.1) is 5.41 Å². The van der Waals surface area contributed by atoms with Gasteiger partial charge in [0, 0.05) is 48.7 Å². The lowest BCUT2D eigenvalue weighted by molar-refractivity contribution is -0.126. The zero-order chi connectivity index (χ0) is 24.4. The number of likely N-dealkylation sites (N-methyl/N-ethyl adjacent to an activating group) is 1. The fourth-order valence-electron chi connectivity index (χ4n) is 5.87. The third-order valence-electron chi connectivity index (χ3n) is 7.61. The molecule has 2 aliphatic heterocycles. The molecule has 2 aromatic heterocycles. The molecule has 6 rings (SSSR count). The van der Waals surface area contributed by atoms with Crippen LogP contribution in [0.15, 0.2) is 30.6 Å². The average molecular weight is 502 g/mol. The molecule has 0 bridgehead atoms. The van der Waals surface area contributed by atoms with Gasteiger partial charge in [0.15, 0.2) is 0 Å². The maximum atomic E-state index is 12.8. The number of carbonyl (C=O) groups is 1. The van der Waals surface area contributed by atoms with Gasteiger partial charge in [-0.2, -0.15) is 13.2 Å². The Balaban J connectivity index is 1.07. The van der Waals surface area contributed by atoms with Crippen molar-refractivity contribution in [2.75, 3.05) is 29.9 Å². The summed E-state index contributed by atoms with van der Waals surface area (Å²) in [5.41, 5.74) is 3.50. The summed E-state index contributed by atoms with van der Waals surface area (Å²) in [6, 6.07) is 8.30. The van der Waals surface area contributed by atoms with Crippen molar-refractivity contribution in [3.05, 3.63) is 46.6 Å². The second-order valence-corrected chi connectivity index (χ2v) is 11.3. The van der Waals surface area contributed by atoms with E-state index >= 15 is 0 Å². The number of alkyl halides is 3. The number of halogens is 3. The predicted octanol–water partition coefficient (Wildman–Crippen LogP) is 4.46. The Bertz CT molecular complexity index is 1300. The summed E-state index contributed by atoms with van der Waals surface area (Å²) in [6.45, 7) is 2.50. The zero-order valence-corrected chi connectivity index (χ0v) is 20.2. The summed E-state index contributed by atoms with van der Waals surface area (Å²) >= 11 is 1.10. The highest BCUT2D eigenvalue weighted by Crippen LogP contribution is 2.48. The Labute approximate surface area is 205 Å². The molecule has 3 aliphatic rings. The number of nitrogens with one attached hydrogen (secondary N) is 1. The number of hydrogen-bond acceptors (Lipinski definition) is 6. The molecule has 0 radical (unpaired) electrons. The normalized spacial score (nSPS) is 21.3. The van der Waals surface area contributed by atoms with E-state index in [1.807, 2.05) is 7.05 Å². The van der Waals surface area contributed by atoms with Crippen molar-refractivity contribution in [1.82, 2.24) is 15.3 Å². The first-order valence-electron chi connectivity index (χ1n) is 11.8. The van der Waals surface area contributed by atoms with Gasteiger partial charge in [0.2, 0.25) is 5.91 Å². The molecule has 1 N–H and O–H groups in total. The molecule has 184 valence electrons. The second kappa shape index (κ2) is 8.16. The number of aromatic nitrogens is 2. The molecule has 1 saturated heterocycles. The summed E-state index contributed by atoms with van der Waals surface area (Å²) in [7, 11) is 1.83. The highest BCUT2D eigenvalue weighted by Gasteiger charge is 2.48. The van der Waals surface area contributed by atoms with E-state index in [-0.39, 0.29) is 16.2 Å². The molecule has 1 saturated carbocycles. The minimum absolute atomic E-state index is 0.136. The van der Waals surface area contributed by atoms with Crippen molar-refractivity contribution in [1.29, 1.82) is 0 Å². The fraction of sp³-hybridized carbons (Fsp3) is 0.480. The van der Waals surface area contributed by atoms with Crippen LogP contribution in [0.25, 0.3) is 10.2 Å². The molecule has 6 nitrogen and oxygen atoms in total. The third kappa shape index (κ3) is 4.27. The van der Waals surface area contributed by atoms with Gasteiger partial charge in [0.05, 0.1) is 18.2 Å². The number of rotatable bonds is 5. The molecule has 1 amide bonds. The molecule has 4 heterocycles. The second-order valence-electron chi connectivity index (χ2n) is 10.2. The van der Waals surface area contributed by atoms with Crippen LogP contribution in [-0.4, -0.2) is 48.2 Å². The Morgan fingerprint density at radius 1 is 1.23 bits per heavy atom. The minimum Gasteiger partial charge on any atom is -0.355 e. The average Bonchev–Trinajstić information content (AvgIpc) is 3.46. The van der Waals surface area contributed by atoms with Gasteiger partial charge in [-0.3, -0.25) is 4.79 Å². The van der Waals surface area contributed by atoms with Crippen LogP contribution >= 0.6 is 11.3 Å². The van der Waals surface area contributed by atoms with E-state index in [4.69, 9.17) is 0 Å². The number of hydrogen-bond donors (Lipinski definition) is 1. The van der Waals surface area contributed by atoms with Gasteiger partial charge in [-0.25, -0.2) is 9.97 Å². The smallest absolute Gasteiger partial charge is 0.355 e. The van der Waals surface area contributed by atoms with E-state index in [0.717, 1.165) is 72.7 Å². The lowest BCUT2D eigenvalue weighted by atomic mass is 9.78. The minimum atomic E-state index is -4.23.